The van der Waals surface area contributed by atoms with Crippen molar-refractivity contribution in [3.8, 4) is 5.88 Å². The Balaban J connectivity index is 2.57. The van der Waals surface area contributed by atoms with Gasteiger partial charge in [-0.1, -0.05) is 0 Å². The fourth-order valence-electron chi connectivity index (χ4n) is 1.12. The number of aryl methyl sites for hydroxylation is 1. The van der Waals surface area contributed by atoms with Crippen molar-refractivity contribution in [2.24, 2.45) is 0 Å². The maximum absolute atomic E-state index is 11.4. The molecule has 1 unspecified atom stereocenters. The van der Waals surface area contributed by atoms with Crippen molar-refractivity contribution in [3.05, 3.63) is 11.8 Å². The number of anilines is 1. The molecule has 0 fully saturated rings. The highest BCUT2D eigenvalue weighted by molar-refractivity contribution is 5.87. The van der Waals surface area contributed by atoms with Gasteiger partial charge in [-0.15, -0.1) is 0 Å². The van der Waals surface area contributed by atoms with Crippen LogP contribution < -0.4 is 15.4 Å². The second kappa shape index (κ2) is 6.50. The van der Waals surface area contributed by atoms with Gasteiger partial charge in [0.2, 0.25) is 11.8 Å². The van der Waals surface area contributed by atoms with Crippen molar-refractivity contribution in [2.75, 3.05) is 19.0 Å². The summed E-state index contributed by atoms with van der Waals surface area (Å²) in [6.45, 7) is 1.27. The Hall–Kier alpha value is -2.42. The average Bonchev–Trinajstić information content (AvgIpc) is 2.34. The Morgan fingerprint density at radius 1 is 1.47 bits per heavy atom. The van der Waals surface area contributed by atoms with Crippen LogP contribution in [0.4, 0.5) is 10.7 Å². The Kier molecular flexibility index (Phi) is 5.01. The van der Waals surface area contributed by atoms with Crippen molar-refractivity contribution < 1.29 is 24.5 Å². The zero-order valence-electron chi connectivity index (χ0n) is 10.4. The summed E-state index contributed by atoms with van der Waals surface area (Å²) in [4.78, 5) is 29.6. The van der Waals surface area contributed by atoms with Crippen molar-refractivity contribution in [3.63, 3.8) is 0 Å². The molecule has 1 rings (SSSR count). The second-order valence-electron chi connectivity index (χ2n) is 3.56. The Morgan fingerprint density at radius 2 is 2.16 bits per heavy atom. The molecule has 1 aromatic heterocycles. The van der Waals surface area contributed by atoms with Gasteiger partial charge < -0.3 is 20.3 Å². The third-order valence-electron chi connectivity index (χ3n) is 2.01. The Bertz CT molecular complexity index is 479. The summed E-state index contributed by atoms with van der Waals surface area (Å²) in [5.74, 6) is -1.12. The molecule has 0 spiro atoms. The highest BCUT2D eigenvalue weighted by Gasteiger charge is 2.14. The number of carbonyl (C=O) groups excluding carboxylic acids is 1. The first-order valence-electron chi connectivity index (χ1n) is 5.27. The summed E-state index contributed by atoms with van der Waals surface area (Å²) in [7, 11) is 1.43. The van der Waals surface area contributed by atoms with Crippen molar-refractivity contribution >= 4 is 17.9 Å². The zero-order chi connectivity index (χ0) is 14.4. The van der Waals surface area contributed by atoms with Crippen molar-refractivity contribution in [1.82, 2.24) is 15.3 Å². The molecule has 1 aromatic rings. The standard InChI is InChI=1S/C10H14N4O5/c1-5-3-7(19-2)13-9(12-5)14-10(18)11-4-6(15)8(16)17/h3,6,15H,4H2,1-2H3,(H,16,17)(H2,11,12,13,14,18). The molecule has 9 heteroatoms. The topological polar surface area (TPSA) is 134 Å². The highest BCUT2D eigenvalue weighted by atomic mass is 16.5. The number of carboxylic acids is 1. The van der Waals surface area contributed by atoms with E-state index in [1.54, 1.807) is 13.0 Å². The Morgan fingerprint density at radius 3 is 2.74 bits per heavy atom. The molecule has 2 amide bonds. The van der Waals surface area contributed by atoms with E-state index in [4.69, 9.17) is 14.9 Å². The lowest BCUT2D eigenvalue weighted by Gasteiger charge is -2.09. The molecule has 0 aromatic carbocycles. The predicted molar refractivity (Wildman–Crippen MR) is 64.0 cm³/mol. The minimum atomic E-state index is -1.67. The van der Waals surface area contributed by atoms with Gasteiger partial charge >= 0.3 is 12.0 Å². The van der Waals surface area contributed by atoms with Crippen LogP contribution in [0.1, 0.15) is 5.69 Å². The first-order chi connectivity index (χ1) is 8.92. The molecule has 9 nitrogen and oxygen atoms in total. The lowest BCUT2D eigenvalue weighted by molar-refractivity contribution is -0.146. The molecule has 19 heavy (non-hydrogen) atoms. The number of rotatable bonds is 5. The van der Waals surface area contributed by atoms with Crippen LogP contribution in [0.2, 0.25) is 0 Å². The van der Waals surface area contributed by atoms with E-state index < -0.39 is 24.6 Å². The van der Waals surface area contributed by atoms with Crippen LogP contribution in [0.15, 0.2) is 6.07 Å². The summed E-state index contributed by atoms with van der Waals surface area (Å²) >= 11 is 0. The van der Waals surface area contributed by atoms with Crippen LogP contribution >= 0.6 is 0 Å². The third-order valence-corrected chi connectivity index (χ3v) is 2.01. The molecule has 1 atom stereocenters. The number of aliphatic hydroxyl groups is 1. The van der Waals surface area contributed by atoms with E-state index in [0.29, 0.717) is 5.69 Å². The monoisotopic (exact) mass is 270 g/mol. The van der Waals surface area contributed by atoms with Crippen LogP contribution in [0.5, 0.6) is 5.88 Å². The van der Waals surface area contributed by atoms with Gasteiger partial charge in [0, 0.05) is 11.8 Å². The SMILES string of the molecule is COc1cc(C)nc(NC(=O)NCC(O)C(=O)O)n1. The molecule has 0 saturated heterocycles. The van der Waals surface area contributed by atoms with Crippen LogP contribution in [-0.2, 0) is 4.79 Å². The maximum Gasteiger partial charge on any atom is 0.334 e. The first kappa shape index (κ1) is 14.6. The predicted octanol–water partition coefficient (Wildman–Crippen LogP) is -0.639. The summed E-state index contributed by atoms with van der Waals surface area (Å²) in [6, 6.07) is 0.852. The van der Waals surface area contributed by atoms with Gasteiger partial charge in [-0.2, -0.15) is 4.98 Å². The lowest BCUT2D eigenvalue weighted by Crippen LogP contribution is -2.39. The third kappa shape index (κ3) is 4.76. The number of methoxy groups -OCH3 is 1. The van der Waals surface area contributed by atoms with E-state index in [1.165, 1.54) is 7.11 Å². The van der Waals surface area contributed by atoms with E-state index >= 15 is 0 Å². The number of hydrogen-bond acceptors (Lipinski definition) is 6. The van der Waals surface area contributed by atoms with E-state index in [-0.39, 0.29) is 11.8 Å². The smallest absolute Gasteiger partial charge is 0.334 e. The number of hydrogen-bond donors (Lipinski definition) is 4. The fourth-order valence-corrected chi connectivity index (χ4v) is 1.12. The van der Waals surface area contributed by atoms with E-state index in [1.807, 2.05) is 0 Å². The van der Waals surface area contributed by atoms with Crippen LogP contribution in [0.25, 0.3) is 0 Å². The molecular formula is C10H14N4O5. The number of aliphatic hydroxyl groups excluding tert-OH is 1. The molecular weight excluding hydrogens is 256 g/mol. The number of nitrogens with one attached hydrogen (secondary N) is 2. The molecule has 0 bridgehead atoms. The first-order valence-corrected chi connectivity index (χ1v) is 5.27. The van der Waals surface area contributed by atoms with Gasteiger partial charge in [-0.3, -0.25) is 5.32 Å². The average molecular weight is 270 g/mol. The number of aromatic nitrogens is 2. The summed E-state index contributed by atoms with van der Waals surface area (Å²) < 4.78 is 4.91. The van der Waals surface area contributed by atoms with E-state index in [0.717, 1.165) is 0 Å². The molecule has 0 aliphatic rings. The van der Waals surface area contributed by atoms with Gasteiger partial charge in [0.25, 0.3) is 0 Å². The number of carboxylic acid groups (broad SMARTS) is 1. The molecule has 104 valence electrons. The largest absolute Gasteiger partial charge is 0.481 e. The molecule has 0 aliphatic carbocycles. The van der Waals surface area contributed by atoms with Gasteiger partial charge in [0.15, 0.2) is 6.10 Å². The van der Waals surface area contributed by atoms with E-state index in [9.17, 15) is 9.59 Å². The number of carbonyl (C=O) groups is 2. The number of aliphatic carboxylic acids is 1. The van der Waals surface area contributed by atoms with Gasteiger partial charge in [-0.25, -0.2) is 14.6 Å². The normalized spacial score (nSPS) is 11.5. The molecule has 0 radical (unpaired) electrons. The number of urea groups is 1. The summed E-state index contributed by atoms with van der Waals surface area (Å²) in [6.07, 6.45) is -1.67. The van der Waals surface area contributed by atoms with Gasteiger partial charge in [-0.05, 0) is 6.92 Å². The quantitative estimate of drug-likeness (QED) is 0.559. The van der Waals surface area contributed by atoms with Gasteiger partial charge in [0.1, 0.15) is 0 Å². The maximum atomic E-state index is 11.4. The minimum absolute atomic E-state index is 0.0131. The number of nitrogens with zero attached hydrogens (tertiary/aromatic N) is 2. The lowest BCUT2D eigenvalue weighted by atomic mass is 10.4. The Labute approximate surface area is 108 Å². The molecule has 1 heterocycles. The van der Waals surface area contributed by atoms with Crippen LogP contribution in [0.3, 0.4) is 0 Å². The molecule has 0 saturated carbocycles. The number of amides is 2. The van der Waals surface area contributed by atoms with Gasteiger partial charge in [0.05, 0.1) is 13.7 Å². The summed E-state index contributed by atoms with van der Waals surface area (Å²) in [5.41, 5.74) is 0.590. The number of ether oxygens (including phenoxy) is 1. The van der Waals surface area contributed by atoms with Crippen LogP contribution in [0, 0.1) is 6.92 Å². The van der Waals surface area contributed by atoms with Crippen molar-refractivity contribution in [2.45, 2.75) is 13.0 Å². The van der Waals surface area contributed by atoms with E-state index in [2.05, 4.69) is 20.6 Å². The molecule has 0 aliphatic heterocycles. The highest BCUT2D eigenvalue weighted by Crippen LogP contribution is 2.10. The molecule has 4 N–H and O–H groups in total. The second-order valence-corrected chi connectivity index (χ2v) is 3.56. The zero-order valence-corrected chi connectivity index (χ0v) is 10.4. The summed E-state index contributed by atoms with van der Waals surface area (Å²) in [5, 5.41) is 21.9. The van der Waals surface area contributed by atoms with Crippen molar-refractivity contribution in [1.29, 1.82) is 0 Å². The minimum Gasteiger partial charge on any atom is -0.481 e. The fraction of sp³-hybridized carbons (Fsp3) is 0.400. The van der Waals surface area contributed by atoms with Crippen LogP contribution in [-0.4, -0.2) is 51.9 Å².